The van der Waals surface area contributed by atoms with Crippen LogP contribution in [0, 0.1) is 0 Å². The quantitative estimate of drug-likeness (QED) is 0.0169. The molecule has 620 valence electrons. The molecule has 0 rings (SSSR count). The third-order valence-electron chi connectivity index (χ3n) is 17.6. The predicted octanol–water partition coefficient (Wildman–Crippen LogP) is 25.2. The van der Waals surface area contributed by atoms with Crippen molar-refractivity contribution in [3.63, 3.8) is 0 Å². The fourth-order valence-electron chi connectivity index (χ4n) is 11.2. The number of phosphoric acid groups is 2. The summed E-state index contributed by atoms with van der Waals surface area (Å²) in [5, 5.41) is 10.7. The van der Waals surface area contributed by atoms with Gasteiger partial charge in [0.2, 0.25) is 0 Å². The minimum absolute atomic E-state index is 0.0615. The molecule has 0 saturated carbocycles. The molecule has 0 radical (unpaired) electrons. The number of hydrogen-bond donors (Lipinski definition) is 3. The van der Waals surface area contributed by atoms with Crippen LogP contribution in [0.5, 0.6) is 0 Å². The lowest BCUT2D eigenvalue weighted by Gasteiger charge is -2.21. The molecule has 0 saturated heterocycles. The smallest absolute Gasteiger partial charge is 0.462 e. The Hall–Kier alpha value is -4.80. The highest BCUT2D eigenvalue weighted by Gasteiger charge is 2.30. The first kappa shape index (κ1) is 103. The van der Waals surface area contributed by atoms with Crippen molar-refractivity contribution in [1.29, 1.82) is 0 Å². The molecular weight excluding hydrogens is 1400 g/mol. The van der Waals surface area contributed by atoms with Crippen molar-refractivity contribution in [1.82, 2.24) is 0 Å². The predicted molar refractivity (Wildman–Crippen MR) is 445 cm³/mol. The van der Waals surface area contributed by atoms with Gasteiger partial charge in [-0.15, -0.1) is 0 Å². The largest absolute Gasteiger partial charge is 0.472 e. The molecule has 19 heteroatoms. The highest BCUT2D eigenvalue weighted by atomic mass is 31.2. The Labute approximate surface area is 656 Å². The lowest BCUT2D eigenvalue weighted by Crippen LogP contribution is -2.30. The molecule has 0 aromatic rings. The van der Waals surface area contributed by atoms with E-state index in [1.165, 1.54) is 70.6 Å². The second kappa shape index (κ2) is 80.3. The number of ether oxygens (including phenoxy) is 4. The Balaban J connectivity index is 5.39. The van der Waals surface area contributed by atoms with Crippen molar-refractivity contribution in [2.24, 2.45) is 0 Å². The highest BCUT2D eigenvalue weighted by Crippen LogP contribution is 2.45. The van der Waals surface area contributed by atoms with Crippen LogP contribution < -0.4 is 0 Å². The van der Waals surface area contributed by atoms with Crippen molar-refractivity contribution in [2.75, 3.05) is 39.6 Å². The van der Waals surface area contributed by atoms with Crippen LogP contribution in [0.25, 0.3) is 0 Å². The van der Waals surface area contributed by atoms with E-state index in [9.17, 15) is 43.2 Å². The maximum Gasteiger partial charge on any atom is 0.472 e. The lowest BCUT2D eigenvalue weighted by molar-refractivity contribution is -0.161. The van der Waals surface area contributed by atoms with Crippen LogP contribution in [0.2, 0.25) is 0 Å². The van der Waals surface area contributed by atoms with E-state index in [4.69, 9.17) is 37.0 Å². The molecule has 0 heterocycles. The van der Waals surface area contributed by atoms with Gasteiger partial charge in [0, 0.05) is 25.7 Å². The van der Waals surface area contributed by atoms with Gasteiger partial charge in [0.05, 0.1) is 26.4 Å². The van der Waals surface area contributed by atoms with Gasteiger partial charge in [-0.3, -0.25) is 37.3 Å². The Morgan fingerprint density at radius 3 is 0.759 bits per heavy atom. The maximum absolute atomic E-state index is 13.1. The number of aliphatic hydroxyl groups excluding tert-OH is 1. The number of esters is 4. The third kappa shape index (κ3) is 79.3. The number of allylic oxidation sites excluding steroid dienone is 22. The average Bonchev–Trinajstić information content (AvgIpc) is 0.916. The number of unbranched alkanes of at least 4 members (excludes halogenated alkanes) is 31. The molecule has 0 spiro atoms. The van der Waals surface area contributed by atoms with Gasteiger partial charge in [0.1, 0.15) is 19.3 Å². The standard InChI is InChI=1S/C89H152O17P2/c1-5-9-13-17-21-25-29-33-36-39-41-44-46-50-53-57-61-65-69-73-86(91)99-79-84(105-88(93)75-71-67-63-59-55-49-32-28-24-20-16-12-8-4)81-103-107(95,96)101-77-83(90)78-102-108(97,98)104-82-85(106-89(94)76-72-68-64-60-56-52-48-43-38-35-31-27-23-19-15-11-7-3)80-100-87(92)74-70-66-62-58-54-51-47-45-42-40-37-34-30-26-22-18-14-10-6-2/h9,11,13,15,21-23,25-27,33-38,41-42,44-45,48,52,83-85,90H,5-8,10,12,14,16-20,24,28-32,39-40,43,46-47,49-51,53-82H2,1-4H3,(H,95,96)(H,97,98)/b13-9-,15-11-,25-21-,26-22-,27-23-,36-33-,37-34-,38-35-,44-41-,45-42-,52-48-. The molecule has 108 heavy (non-hydrogen) atoms. The number of rotatable bonds is 79. The van der Waals surface area contributed by atoms with E-state index in [0.717, 1.165) is 199 Å². The molecule has 0 aliphatic rings. The minimum atomic E-state index is -4.99. The second-order valence-corrected chi connectivity index (χ2v) is 30.9. The zero-order chi connectivity index (χ0) is 78.9. The Bertz CT molecular complexity index is 2560. The van der Waals surface area contributed by atoms with Crippen molar-refractivity contribution >= 4 is 39.5 Å². The average molecular weight is 1560 g/mol. The first-order chi connectivity index (χ1) is 52.7. The first-order valence-electron chi connectivity index (χ1n) is 42.4. The molecule has 0 amide bonds. The Kier molecular flexibility index (Phi) is 76.7. The maximum atomic E-state index is 13.1. The summed E-state index contributed by atoms with van der Waals surface area (Å²) >= 11 is 0. The SMILES string of the molecule is CC/C=C\C/C=C\C/C=C\C/C=C\CCCCCCCCC(=O)OCC(COP(=O)(O)OCC(O)COP(=O)(O)OCC(COC(=O)CCCCCCCC/C=C\C/C=C\C/C=C\CCCCC)OC(=O)CCCCCC/C=C\C/C=C\C/C=C\C/C=C\CC)OC(=O)CCCCCCCCCCCCCCC. The molecule has 0 aliphatic carbocycles. The van der Waals surface area contributed by atoms with Gasteiger partial charge in [0.25, 0.3) is 0 Å². The number of hydrogen-bond acceptors (Lipinski definition) is 15. The van der Waals surface area contributed by atoms with Crippen molar-refractivity contribution < 1.29 is 80.2 Å². The normalized spacial score (nSPS) is 14.5. The number of carbonyl (C=O) groups excluding carboxylic acids is 4. The molecule has 0 aromatic carbocycles. The van der Waals surface area contributed by atoms with Crippen LogP contribution in [0.4, 0.5) is 0 Å². The summed E-state index contributed by atoms with van der Waals surface area (Å²) < 4.78 is 68.8. The van der Waals surface area contributed by atoms with Crippen LogP contribution in [-0.2, 0) is 65.4 Å². The number of phosphoric ester groups is 2. The second-order valence-electron chi connectivity index (χ2n) is 28.0. The molecule has 0 fully saturated rings. The van der Waals surface area contributed by atoms with Gasteiger partial charge >= 0.3 is 39.5 Å². The van der Waals surface area contributed by atoms with Crippen molar-refractivity contribution in [2.45, 2.75) is 367 Å². The molecular formula is C89H152O17P2. The van der Waals surface area contributed by atoms with Gasteiger partial charge in [-0.1, -0.05) is 315 Å². The lowest BCUT2D eigenvalue weighted by atomic mass is 10.0. The van der Waals surface area contributed by atoms with E-state index in [2.05, 4.69) is 161 Å². The topological polar surface area (TPSA) is 237 Å². The van der Waals surface area contributed by atoms with E-state index < -0.39 is 97.5 Å². The van der Waals surface area contributed by atoms with E-state index in [0.29, 0.717) is 25.7 Å². The van der Waals surface area contributed by atoms with Gasteiger partial charge in [-0.25, -0.2) is 9.13 Å². The monoisotopic (exact) mass is 1560 g/mol. The molecule has 5 unspecified atom stereocenters. The summed E-state index contributed by atoms with van der Waals surface area (Å²) in [7, 11) is -9.98. The zero-order valence-corrected chi connectivity index (χ0v) is 69.8. The molecule has 0 bridgehead atoms. The van der Waals surface area contributed by atoms with Crippen LogP contribution >= 0.6 is 15.6 Å². The molecule has 5 atom stereocenters. The summed E-state index contributed by atoms with van der Waals surface area (Å²) in [6.45, 7) is 4.61. The molecule has 0 aliphatic heterocycles. The molecule has 0 aromatic heterocycles. The van der Waals surface area contributed by atoms with E-state index in [1.807, 2.05) is 0 Å². The van der Waals surface area contributed by atoms with Gasteiger partial charge in [-0.2, -0.15) is 0 Å². The van der Waals surface area contributed by atoms with Crippen LogP contribution in [0.3, 0.4) is 0 Å². The van der Waals surface area contributed by atoms with Gasteiger partial charge in [-0.05, 0) is 141 Å². The first-order valence-corrected chi connectivity index (χ1v) is 45.4. The summed E-state index contributed by atoms with van der Waals surface area (Å²) in [6.07, 6.45) is 91.2. The minimum Gasteiger partial charge on any atom is -0.462 e. The fourth-order valence-corrected chi connectivity index (χ4v) is 12.8. The van der Waals surface area contributed by atoms with Gasteiger partial charge < -0.3 is 33.8 Å². The van der Waals surface area contributed by atoms with Crippen molar-refractivity contribution in [3.8, 4) is 0 Å². The number of aliphatic hydroxyl groups is 1. The summed E-state index contributed by atoms with van der Waals surface area (Å²) in [5.41, 5.74) is 0. The van der Waals surface area contributed by atoms with E-state index >= 15 is 0 Å². The summed E-state index contributed by atoms with van der Waals surface area (Å²) in [5.74, 6) is -2.22. The van der Waals surface area contributed by atoms with Gasteiger partial charge in [0.15, 0.2) is 12.2 Å². The fraction of sp³-hybridized carbons (Fsp3) is 0.708. The summed E-state index contributed by atoms with van der Waals surface area (Å²) in [4.78, 5) is 73.2. The van der Waals surface area contributed by atoms with E-state index in [1.54, 1.807) is 0 Å². The summed E-state index contributed by atoms with van der Waals surface area (Å²) in [6, 6.07) is 0. The molecule has 17 nitrogen and oxygen atoms in total. The Morgan fingerprint density at radius 2 is 0.481 bits per heavy atom. The van der Waals surface area contributed by atoms with Crippen molar-refractivity contribution in [3.05, 3.63) is 134 Å². The third-order valence-corrected chi connectivity index (χ3v) is 19.5. The highest BCUT2D eigenvalue weighted by molar-refractivity contribution is 7.47. The Morgan fingerprint density at radius 1 is 0.269 bits per heavy atom. The van der Waals surface area contributed by atoms with Crippen LogP contribution in [0.1, 0.15) is 349 Å². The zero-order valence-electron chi connectivity index (χ0n) is 68.0. The van der Waals surface area contributed by atoms with Crippen LogP contribution in [0.15, 0.2) is 134 Å². The molecule has 3 N–H and O–H groups in total. The van der Waals surface area contributed by atoms with Crippen LogP contribution in [-0.4, -0.2) is 96.7 Å². The number of carbonyl (C=O) groups is 4. The van der Waals surface area contributed by atoms with E-state index in [-0.39, 0.29) is 25.7 Å².